The molecule has 4 nitrogen and oxygen atoms in total. The summed E-state index contributed by atoms with van der Waals surface area (Å²) in [6.45, 7) is 4.95. The van der Waals surface area contributed by atoms with Gasteiger partial charge in [0, 0.05) is 30.8 Å². The number of piperidine rings is 1. The lowest BCUT2D eigenvalue weighted by molar-refractivity contribution is 0.153. The molecular weight excluding hydrogens is 240 g/mol. The normalized spacial score (nSPS) is 22.2. The van der Waals surface area contributed by atoms with Crippen molar-refractivity contribution in [2.24, 2.45) is 11.7 Å². The molecule has 4 heteroatoms. The highest BCUT2D eigenvalue weighted by Crippen LogP contribution is 2.27. The van der Waals surface area contributed by atoms with Crippen LogP contribution in [0.3, 0.4) is 0 Å². The minimum absolute atomic E-state index is 0.243. The topological polar surface area (TPSA) is 58.7 Å². The van der Waals surface area contributed by atoms with Crippen LogP contribution in [-0.4, -0.2) is 36.2 Å². The van der Waals surface area contributed by atoms with Gasteiger partial charge >= 0.3 is 0 Å². The van der Waals surface area contributed by atoms with E-state index in [1.54, 1.807) is 13.2 Å². The molecule has 106 valence electrons. The summed E-state index contributed by atoms with van der Waals surface area (Å²) >= 11 is 0. The van der Waals surface area contributed by atoms with E-state index < -0.39 is 0 Å². The second-order valence-corrected chi connectivity index (χ2v) is 5.49. The zero-order chi connectivity index (χ0) is 13.8. The minimum atomic E-state index is 0.243. The smallest absolute Gasteiger partial charge is 0.123 e. The number of benzene rings is 1. The predicted octanol–water partition coefficient (Wildman–Crippen LogP) is 1.96. The molecular formula is C15H24N2O2. The van der Waals surface area contributed by atoms with Crippen LogP contribution in [-0.2, 0) is 6.54 Å². The Kier molecular flexibility index (Phi) is 4.66. The highest BCUT2D eigenvalue weighted by molar-refractivity contribution is 5.39. The van der Waals surface area contributed by atoms with Crippen LogP contribution in [0.4, 0.5) is 0 Å². The number of nitrogens with two attached hydrogens (primary N) is 1. The van der Waals surface area contributed by atoms with Crippen molar-refractivity contribution < 1.29 is 9.84 Å². The quantitative estimate of drug-likeness (QED) is 0.873. The van der Waals surface area contributed by atoms with Crippen LogP contribution in [0.2, 0.25) is 0 Å². The summed E-state index contributed by atoms with van der Waals surface area (Å²) < 4.78 is 5.10. The van der Waals surface area contributed by atoms with E-state index in [4.69, 9.17) is 10.5 Å². The molecule has 0 amide bonds. The molecule has 1 saturated heterocycles. The summed E-state index contributed by atoms with van der Waals surface area (Å²) in [5.41, 5.74) is 6.95. The number of nitrogens with zero attached hydrogens (tertiary/aromatic N) is 1. The van der Waals surface area contributed by atoms with Crippen LogP contribution in [0.15, 0.2) is 18.2 Å². The molecule has 0 spiro atoms. The van der Waals surface area contributed by atoms with Crippen molar-refractivity contribution in [3.05, 3.63) is 23.8 Å². The first kappa shape index (κ1) is 14.2. The largest absolute Gasteiger partial charge is 0.507 e. The van der Waals surface area contributed by atoms with E-state index in [9.17, 15) is 5.11 Å². The lowest BCUT2D eigenvalue weighted by Crippen LogP contribution is -2.41. The number of ether oxygens (including phenoxy) is 1. The van der Waals surface area contributed by atoms with E-state index in [1.807, 2.05) is 12.1 Å². The van der Waals surface area contributed by atoms with Crippen LogP contribution in [0, 0.1) is 5.92 Å². The highest BCUT2D eigenvalue weighted by Gasteiger charge is 2.23. The number of methoxy groups -OCH3 is 1. The maximum absolute atomic E-state index is 10.00. The number of phenolic OH excluding ortho intramolecular Hbond substituents is 1. The summed E-state index contributed by atoms with van der Waals surface area (Å²) in [7, 11) is 1.60. The molecule has 0 saturated carbocycles. The van der Waals surface area contributed by atoms with Gasteiger partial charge in [0.2, 0.25) is 0 Å². The van der Waals surface area contributed by atoms with Gasteiger partial charge in [0.25, 0.3) is 0 Å². The maximum atomic E-state index is 10.00. The fourth-order valence-corrected chi connectivity index (χ4v) is 2.71. The van der Waals surface area contributed by atoms with Crippen LogP contribution in [0.25, 0.3) is 0 Å². The summed E-state index contributed by atoms with van der Waals surface area (Å²) in [5, 5.41) is 10.00. The Bertz CT molecular complexity index is 421. The van der Waals surface area contributed by atoms with Gasteiger partial charge in [-0.2, -0.15) is 0 Å². The maximum Gasteiger partial charge on any atom is 0.123 e. The van der Waals surface area contributed by atoms with E-state index in [0.29, 0.717) is 17.4 Å². The Morgan fingerprint density at radius 3 is 2.95 bits per heavy atom. The molecule has 1 heterocycles. The van der Waals surface area contributed by atoms with E-state index in [1.165, 1.54) is 12.8 Å². The summed E-state index contributed by atoms with van der Waals surface area (Å²) in [5.74, 6) is 1.56. The fraction of sp³-hybridized carbons (Fsp3) is 0.600. The minimum Gasteiger partial charge on any atom is -0.507 e. The molecule has 1 fully saturated rings. The Hall–Kier alpha value is -1.26. The standard InChI is InChI=1S/C15H24N2O2/c1-11(16)12-4-3-7-17(9-12)10-13-5-6-14(19-2)8-15(13)18/h5-6,8,11-12,18H,3-4,7,9-10,16H2,1-2H3. The van der Waals surface area contributed by atoms with Crippen molar-refractivity contribution in [3.63, 3.8) is 0 Å². The Balaban J connectivity index is 2.00. The molecule has 0 aromatic heterocycles. The zero-order valence-electron chi connectivity index (χ0n) is 11.8. The second-order valence-electron chi connectivity index (χ2n) is 5.49. The van der Waals surface area contributed by atoms with Gasteiger partial charge in [0.1, 0.15) is 11.5 Å². The number of hydrogen-bond acceptors (Lipinski definition) is 4. The van der Waals surface area contributed by atoms with E-state index in [-0.39, 0.29) is 6.04 Å². The lowest BCUT2D eigenvalue weighted by atomic mass is 9.92. The number of likely N-dealkylation sites (tertiary alicyclic amines) is 1. The fourth-order valence-electron chi connectivity index (χ4n) is 2.71. The number of aromatic hydroxyl groups is 1. The molecule has 0 aliphatic carbocycles. The number of phenols is 1. The predicted molar refractivity (Wildman–Crippen MR) is 76.3 cm³/mol. The average molecular weight is 264 g/mol. The van der Waals surface area contributed by atoms with Crippen molar-refractivity contribution in [3.8, 4) is 11.5 Å². The van der Waals surface area contributed by atoms with Crippen LogP contribution in [0.1, 0.15) is 25.3 Å². The number of rotatable bonds is 4. The monoisotopic (exact) mass is 264 g/mol. The van der Waals surface area contributed by atoms with Crippen molar-refractivity contribution in [1.82, 2.24) is 4.90 Å². The van der Waals surface area contributed by atoms with Crippen molar-refractivity contribution in [2.75, 3.05) is 20.2 Å². The van der Waals surface area contributed by atoms with Crippen LogP contribution in [0.5, 0.6) is 11.5 Å². The molecule has 0 radical (unpaired) electrons. The molecule has 2 rings (SSSR count). The SMILES string of the molecule is COc1ccc(CN2CCCC(C(C)N)C2)c(O)c1. The zero-order valence-corrected chi connectivity index (χ0v) is 11.8. The Morgan fingerprint density at radius 1 is 1.53 bits per heavy atom. The van der Waals surface area contributed by atoms with Crippen LogP contribution < -0.4 is 10.5 Å². The first-order valence-electron chi connectivity index (χ1n) is 6.94. The van der Waals surface area contributed by atoms with Crippen LogP contribution >= 0.6 is 0 Å². The molecule has 2 unspecified atom stereocenters. The highest BCUT2D eigenvalue weighted by atomic mass is 16.5. The van der Waals surface area contributed by atoms with Gasteiger partial charge in [-0.25, -0.2) is 0 Å². The first-order valence-corrected chi connectivity index (χ1v) is 6.94. The van der Waals surface area contributed by atoms with E-state index in [0.717, 1.165) is 25.2 Å². The van der Waals surface area contributed by atoms with E-state index in [2.05, 4.69) is 11.8 Å². The summed E-state index contributed by atoms with van der Waals surface area (Å²) in [6.07, 6.45) is 2.39. The molecule has 1 aromatic rings. The average Bonchev–Trinajstić information content (AvgIpc) is 2.41. The van der Waals surface area contributed by atoms with Gasteiger partial charge < -0.3 is 15.6 Å². The third-order valence-electron chi connectivity index (χ3n) is 3.97. The third-order valence-corrected chi connectivity index (χ3v) is 3.97. The molecule has 1 aromatic carbocycles. The molecule has 0 bridgehead atoms. The Morgan fingerprint density at radius 2 is 2.32 bits per heavy atom. The van der Waals surface area contributed by atoms with Gasteiger partial charge in [-0.3, -0.25) is 4.90 Å². The van der Waals surface area contributed by atoms with E-state index >= 15 is 0 Å². The van der Waals surface area contributed by atoms with Crippen molar-refractivity contribution in [1.29, 1.82) is 0 Å². The summed E-state index contributed by atoms with van der Waals surface area (Å²) in [6, 6.07) is 5.74. The van der Waals surface area contributed by atoms with Gasteiger partial charge in [-0.05, 0) is 38.3 Å². The van der Waals surface area contributed by atoms with Crippen molar-refractivity contribution in [2.45, 2.75) is 32.4 Å². The molecule has 19 heavy (non-hydrogen) atoms. The molecule has 3 N–H and O–H groups in total. The first-order chi connectivity index (χ1) is 9.10. The Labute approximate surface area is 115 Å². The van der Waals surface area contributed by atoms with Crippen molar-refractivity contribution >= 4 is 0 Å². The molecule has 1 aliphatic rings. The molecule has 1 aliphatic heterocycles. The number of hydrogen-bond donors (Lipinski definition) is 2. The van der Waals surface area contributed by atoms with Gasteiger partial charge in [-0.15, -0.1) is 0 Å². The van der Waals surface area contributed by atoms with Gasteiger partial charge in [0.05, 0.1) is 7.11 Å². The van der Waals surface area contributed by atoms with Gasteiger partial charge in [-0.1, -0.05) is 6.07 Å². The molecule has 2 atom stereocenters. The second kappa shape index (κ2) is 6.26. The lowest BCUT2D eigenvalue weighted by Gasteiger charge is -2.34. The van der Waals surface area contributed by atoms with Gasteiger partial charge in [0.15, 0.2) is 0 Å². The third kappa shape index (κ3) is 3.61. The summed E-state index contributed by atoms with van der Waals surface area (Å²) in [4.78, 5) is 2.37.